The van der Waals surface area contributed by atoms with Gasteiger partial charge in [0.1, 0.15) is 0 Å². The number of halogens is 2. The predicted molar refractivity (Wildman–Crippen MR) is 198 cm³/mol. The van der Waals surface area contributed by atoms with Gasteiger partial charge in [-0.3, -0.25) is 49.9 Å². The molecule has 0 saturated carbocycles. The Morgan fingerprint density at radius 1 is 0.300 bits per heavy atom. The van der Waals surface area contributed by atoms with Gasteiger partial charge < -0.3 is 131 Å². The number of rotatable bonds is 47. The second kappa shape index (κ2) is 34.6. The molecule has 0 aliphatic heterocycles. The van der Waals surface area contributed by atoms with Gasteiger partial charge >= 0.3 is 0 Å². The Labute approximate surface area is 394 Å². The van der Waals surface area contributed by atoms with E-state index in [0.717, 1.165) is 0 Å². The van der Waals surface area contributed by atoms with Crippen molar-refractivity contribution in [1.29, 1.82) is 0 Å². The number of hydrogen-bond acceptors (Lipinski definition) is 36. The second-order valence-corrected chi connectivity index (χ2v) is 24.3. The summed E-state index contributed by atoms with van der Waals surface area (Å²) in [5, 5.41) is 8.79. The Morgan fingerprint density at radius 2 is 0.457 bits per heavy atom. The zero-order valence-electron chi connectivity index (χ0n) is 35.3. The van der Waals surface area contributed by atoms with Crippen LogP contribution in [0.15, 0.2) is 0 Å². The molecule has 0 fully saturated rings. The zero-order valence-corrected chi connectivity index (χ0v) is 43.3. The molecule has 0 radical (unpaired) electrons. The van der Waals surface area contributed by atoms with E-state index in [4.69, 9.17) is 10.00 Å². The summed E-state index contributed by atoms with van der Waals surface area (Å²) in [7, 11) is -47.0. The van der Waals surface area contributed by atoms with Crippen molar-refractivity contribution < 1.29 is 181 Å². The van der Waals surface area contributed by atoms with Crippen molar-refractivity contribution in [3.8, 4) is 0 Å². The third kappa shape index (κ3) is 41.0. The molecule has 0 aromatic rings. The van der Waals surface area contributed by atoms with Crippen LogP contribution in [0.1, 0.15) is 0 Å². The first-order valence-electron chi connectivity index (χ1n) is 18.3. The Kier molecular flexibility index (Phi) is 35.0. The molecule has 0 aromatic heterocycles. The monoisotopic (exact) mass is 1220 g/mol. The average molecular weight is 1220 g/mol. The van der Waals surface area contributed by atoms with E-state index >= 15 is 0 Å². The Morgan fingerprint density at radius 3 is 0.614 bits per heavy atom. The highest BCUT2D eigenvalue weighted by Gasteiger charge is 2.21. The normalized spacial score (nSPS) is 21.0. The number of alkyl halides is 2. The molecule has 0 bridgehead atoms. The Balaban J connectivity index is 4.25. The molecule has 11 unspecified atom stereocenters. The molecule has 0 aliphatic carbocycles. The minimum Gasteiger partial charge on any atom is -0.756 e. The van der Waals surface area contributed by atoms with Crippen LogP contribution >= 0.6 is 70.4 Å². The number of phosphoric acid groups is 9. The van der Waals surface area contributed by atoms with Crippen LogP contribution < -0.4 is 44.0 Å². The lowest BCUT2D eigenvalue weighted by Crippen LogP contribution is -2.21. The molecule has 0 amide bonds. The smallest absolute Gasteiger partial charge is 0.268 e. The van der Waals surface area contributed by atoms with Gasteiger partial charge in [0.15, 0.2) is 0 Å². The molecule has 11 atom stereocenters. The third-order valence-electron chi connectivity index (χ3n) is 6.18. The summed E-state index contributed by atoms with van der Waals surface area (Å²) in [6.45, 7) is -20.3. The molecule has 0 saturated heterocycles. The van der Waals surface area contributed by atoms with Crippen molar-refractivity contribution in [1.82, 2.24) is 0 Å². The second-order valence-electron chi connectivity index (χ2n) is 11.8. The lowest BCUT2D eigenvalue weighted by atomic mass is 10.2. The zero-order chi connectivity index (χ0) is 53.8. The minimum atomic E-state index is -5.28. The highest BCUT2D eigenvalue weighted by Crippen LogP contribution is 2.46. The lowest BCUT2D eigenvalue weighted by molar-refractivity contribution is -0.238. The van der Waals surface area contributed by atoms with Crippen molar-refractivity contribution in [2.45, 2.75) is 0 Å². The van der Waals surface area contributed by atoms with Gasteiger partial charge in [0.05, 0.1) is 132 Å². The molecule has 0 aliphatic rings. The van der Waals surface area contributed by atoms with Crippen LogP contribution in [0.2, 0.25) is 0 Å². The molecule has 0 rings (SSSR count). The highest BCUT2D eigenvalue weighted by molar-refractivity contribution is 7.48. The van der Waals surface area contributed by atoms with E-state index in [0.29, 0.717) is 0 Å². The summed E-state index contributed by atoms with van der Waals surface area (Å²) in [5.74, 6) is -2.64. The number of phosphoric ester groups is 9. The van der Waals surface area contributed by atoms with Gasteiger partial charge in [-0.2, -0.15) is 0 Å². The third-order valence-corrected chi connectivity index (χ3v) is 14.6. The van der Waals surface area contributed by atoms with E-state index in [2.05, 4.69) is 76.9 Å². The maximum atomic E-state index is 12.8. The fourth-order valence-corrected chi connectivity index (χ4v) is 9.22. The van der Waals surface area contributed by atoms with Crippen LogP contribution in [0.4, 0.5) is 8.78 Å². The summed E-state index contributed by atoms with van der Waals surface area (Å²) in [6, 6.07) is 0. The SMILES string of the molecule is O=P([O-])(O)OCC(CF)COP(=O)([O-])OCCOP(=O)([O-])OCCOP(=O)([O-])OCCOP(=O)([O-])OCCOP(=O)([O-])OCCOP(=O)([O-])OCCOP(=O)([O-])OCCOP(=O)([O-])OCC(CO)CF. The predicted octanol–water partition coefficient (Wildman–Crippen LogP) is -4.36. The lowest BCUT2D eigenvalue weighted by Gasteiger charge is -2.27. The molecule has 2 N–H and O–H groups in total. The standard InChI is InChI=1S/C22H53F2O37P9/c23-15-21(17-25)18-60-69(41,42)57-13-11-55-67(37,38)53-9-7-51-65(33,34)49-5-3-47-63(29,30)45-1-2-46-64(31,32)48-4-6-50-66(35,36)52-8-10-54-68(39,40)56-12-14-58-70(43,44)61-20-22(16-24)19-59-62(26,27)28/h21-22,25H,1-20H2,(H,29,30)(H,31,32)(H,33,34)(H,35,36)(H,37,38)(H,39,40)(H,41,42)(H,43,44)(H2,26,27,28)/p-9. The minimum absolute atomic E-state index is 0.732. The van der Waals surface area contributed by atoms with Crippen molar-refractivity contribution in [3.05, 3.63) is 0 Å². The van der Waals surface area contributed by atoms with Crippen molar-refractivity contribution in [3.63, 3.8) is 0 Å². The molecule has 0 aromatic carbocycles. The van der Waals surface area contributed by atoms with E-state index in [-0.39, 0.29) is 0 Å². The van der Waals surface area contributed by atoms with Crippen LogP contribution in [0.25, 0.3) is 0 Å². The van der Waals surface area contributed by atoms with Crippen LogP contribution in [0, 0.1) is 11.8 Å². The molecule has 0 heterocycles. The highest BCUT2D eigenvalue weighted by atomic mass is 31.2. The van der Waals surface area contributed by atoms with E-state index in [1.807, 2.05) is 0 Å². The van der Waals surface area contributed by atoms with Crippen LogP contribution in [-0.4, -0.2) is 142 Å². The fourth-order valence-electron chi connectivity index (χ4n) is 3.26. The molecule has 0 spiro atoms. The quantitative estimate of drug-likeness (QED) is 0.0429. The van der Waals surface area contributed by atoms with Gasteiger partial charge in [-0.05, 0) is 0 Å². The van der Waals surface area contributed by atoms with Crippen molar-refractivity contribution in [2.24, 2.45) is 11.8 Å². The van der Waals surface area contributed by atoms with E-state index in [1.54, 1.807) is 0 Å². The van der Waals surface area contributed by atoms with E-state index in [9.17, 15) is 93.9 Å². The molecule has 422 valence electrons. The molecular formula is C22H44F2O37P9-9. The summed E-state index contributed by atoms with van der Waals surface area (Å²) in [4.78, 5) is 113. The summed E-state index contributed by atoms with van der Waals surface area (Å²) >= 11 is 0. The van der Waals surface area contributed by atoms with Crippen LogP contribution in [-0.2, 0) is 118 Å². The first-order valence-corrected chi connectivity index (χ1v) is 31.5. The van der Waals surface area contributed by atoms with Gasteiger partial charge in [0, 0.05) is 11.8 Å². The topological polar surface area (TPSA) is 559 Å². The summed E-state index contributed by atoms with van der Waals surface area (Å²) in [6.07, 6.45) is 0. The maximum absolute atomic E-state index is 12.8. The van der Waals surface area contributed by atoms with Crippen molar-refractivity contribution in [2.75, 3.05) is 132 Å². The van der Waals surface area contributed by atoms with Gasteiger partial charge in [0.2, 0.25) is 0 Å². The number of hydrogen-bond donors (Lipinski definition) is 2. The van der Waals surface area contributed by atoms with E-state index in [1.165, 1.54) is 0 Å². The van der Waals surface area contributed by atoms with Crippen molar-refractivity contribution >= 4 is 70.4 Å². The largest absolute Gasteiger partial charge is 0.756 e. The fraction of sp³-hybridized carbons (Fsp3) is 1.00. The molecular weight excluding hydrogens is 1170 g/mol. The Bertz CT molecular complexity index is 1920. The van der Waals surface area contributed by atoms with E-state index < -0.39 is 215 Å². The number of aliphatic hydroxyl groups is 1. The summed E-state index contributed by atoms with van der Waals surface area (Å²) in [5.41, 5.74) is 0. The first-order chi connectivity index (χ1) is 32.1. The summed E-state index contributed by atoms with van der Waals surface area (Å²) < 4.78 is 202. The van der Waals surface area contributed by atoms with Crippen LogP contribution in [0.5, 0.6) is 0 Å². The van der Waals surface area contributed by atoms with Gasteiger partial charge in [-0.15, -0.1) is 0 Å². The first kappa shape index (κ1) is 70.8. The molecule has 48 heteroatoms. The molecule has 37 nitrogen and oxygen atoms in total. The molecule has 70 heavy (non-hydrogen) atoms. The van der Waals surface area contributed by atoms with Crippen LogP contribution in [0.3, 0.4) is 0 Å². The van der Waals surface area contributed by atoms with Gasteiger partial charge in [0.25, 0.3) is 70.4 Å². The maximum Gasteiger partial charge on any atom is 0.268 e. The average Bonchev–Trinajstić information content (AvgIpc) is 3.23. The Hall–Kier alpha value is 0.810. The number of aliphatic hydroxyl groups excluding tert-OH is 1. The van der Waals surface area contributed by atoms with Gasteiger partial charge in [-0.1, -0.05) is 0 Å². The van der Waals surface area contributed by atoms with Gasteiger partial charge in [-0.25, -0.2) is 0 Å².